The number of hydrogen-bond acceptors (Lipinski definition) is 3. The third-order valence-corrected chi connectivity index (χ3v) is 5.77. The zero-order chi connectivity index (χ0) is 20.2. The fourth-order valence-corrected chi connectivity index (χ4v) is 4.47. The monoisotopic (exact) mass is 464 g/mol. The lowest BCUT2D eigenvalue weighted by molar-refractivity contribution is 0.0998. The first-order valence-electron chi connectivity index (χ1n) is 8.96. The summed E-state index contributed by atoms with van der Waals surface area (Å²) in [5, 5.41) is 0. The summed E-state index contributed by atoms with van der Waals surface area (Å²) in [7, 11) is 0. The number of carbonyl (C=O) groups excluding carboxylic acids is 1. The highest BCUT2D eigenvalue weighted by Crippen LogP contribution is 2.23. The van der Waals surface area contributed by atoms with E-state index in [4.69, 9.17) is 4.74 Å². The van der Waals surface area contributed by atoms with Crippen molar-refractivity contribution in [2.75, 3.05) is 0 Å². The van der Waals surface area contributed by atoms with Gasteiger partial charge in [-0.3, -0.25) is 4.79 Å². The molecule has 6 heteroatoms. The lowest BCUT2D eigenvalue weighted by Gasteiger charge is -2.05. The molecule has 0 aliphatic rings. The second-order valence-electron chi connectivity index (χ2n) is 6.25. The molecule has 1 heterocycles. The van der Waals surface area contributed by atoms with E-state index in [9.17, 15) is 4.79 Å². The first-order valence-corrected chi connectivity index (χ1v) is 10.6. The number of thiazole rings is 1. The highest BCUT2D eigenvalue weighted by Gasteiger charge is 2.09. The van der Waals surface area contributed by atoms with E-state index in [1.807, 2.05) is 53.1 Å². The number of hydrogen-bond donors (Lipinski definition) is 0. The molecule has 144 valence electrons. The van der Waals surface area contributed by atoms with Crippen molar-refractivity contribution in [3.63, 3.8) is 0 Å². The molecule has 29 heavy (non-hydrogen) atoms. The Hall–Kier alpha value is -2.96. The van der Waals surface area contributed by atoms with Gasteiger partial charge in [-0.2, -0.15) is 4.99 Å². The van der Waals surface area contributed by atoms with Crippen LogP contribution < -0.4 is 9.54 Å². The van der Waals surface area contributed by atoms with Crippen molar-refractivity contribution in [3.05, 3.63) is 100 Å². The molecule has 0 atom stereocenters. The average Bonchev–Trinajstić information content (AvgIpc) is 3.05. The largest absolute Gasteiger partial charge is 0.457 e. The van der Waals surface area contributed by atoms with Crippen LogP contribution >= 0.6 is 27.3 Å². The number of allylic oxidation sites excluding steroid dienone is 1. The quantitative estimate of drug-likeness (QED) is 0.330. The standard InChI is InChI=1S/C23H17BrN2O2S/c1-2-14-26-20-13-10-17(24)15-21(20)29-23(26)25-22(27)16-8-11-19(12-9-16)28-18-6-4-3-5-7-18/h2-13,15H,1,14H2. The molecule has 0 bridgehead atoms. The molecule has 1 amide bonds. The Balaban J connectivity index is 1.64. The number of amides is 1. The summed E-state index contributed by atoms with van der Waals surface area (Å²) in [6, 6.07) is 22.5. The molecule has 0 aliphatic heterocycles. The molecule has 0 N–H and O–H groups in total. The lowest BCUT2D eigenvalue weighted by atomic mass is 10.2. The molecular formula is C23H17BrN2O2S. The van der Waals surface area contributed by atoms with Gasteiger partial charge in [0.2, 0.25) is 0 Å². The number of para-hydroxylation sites is 1. The minimum absolute atomic E-state index is 0.292. The van der Waals surface area contributed by atoms with Gasteiger partial charge in [-0.15, -0.1) is 6.58 Å². The van der Waals surface area contributed by atoms with Crippen molar-refractivity contribution in [2.45, 2.75) is 6.54 Å². The summed E-state index contributed by atoms with van der Waals surface area (Å²) in [5.74, 6) is 1.12. The first-order chi connectivity index (χ1) is 14.1. The topological polar surface area (TPSA) is 43.6 Å². The van der Waals surface area contributed by atoms with Gasteiger partial charge in [0.25, 0.3) is 5.91 Å². The number of benzene rings is 3. The molecule has 4 nitrogen and oxygen atoms in total. The zero-order valence-corrected chi connectivity index (χ0v) is 17.8. The van der Waals surface area contributed by atoms with E-state index in [1.54, 1.807) is 30.3 Å². The van der Waals surface area contributed by atoms with E-state index in [2.05, 4.69) is 27.5 Å². The van der Waals surface area contributed by atoms with Crippen molar-refractivity contribution in [1.82, 2.24) is 4.57 Å². The van der Waals surface area contributed by atoms with Crippen LogP contribution in [-0.4, -0.2) is 10.5 Å². The maximum atomic E-state index is 12.7. The molecule has 0 fully saturated rings. The highest BCUT2D eigenvalue weighted by molar-refractivity contribution is 9.10. The molecule has 0 aliphatic carbocycles. The van der Waals surface area contributed by atoms with Gasteiger partial charge in [-0.1, -0.05) is 51.5 Å². The molecule has 0 saturated carbocycles. The molecule has 0 unspecified atom stereocenters. The van der Waals surface area contributed by atoms with Gasteiger partial charge in [-0.05, 0) is 54.6 Å². The summed E-state index contributed by atoms with van der Waals surface area (Å²) in [6.45, 7) is 4.40. The number of aromatic nitrogens is 1. The van der Waals surface area contributed by atoms with Crippen LogP contribution in [-0.2, 0) is 6.54 Å². The van der Waals surface area contributed by atoms with Crippen molar-refractivity contribution >= 4 is 43.4 Å². The Morgan fingerprint density at radius 1 is 1.07 bits per heavy atom. The fourth-order valence-electron chi connectivity index (χ4n) is 2.88. The number of halogens is 1. The second-order valence-corrected chi connectivity index (χ2v) is 8.18. The summed E-state index contributed by atoms with van der Waals surface area (Å²) in [6.07, 6.45) is 1.80. The second kappa shape index (κ2) is 8.59. The van der Waals surface area contributed by atoms with E-state index in [-0.39, 0.29) is 5.91 Å². The van der Waals surface area contributed by atoms with Gasteiger partial charge in [0, 0.05) is 16.6 Å². The molecule has 0 radical (unpaired) electrons. The van der Waals surface area contributed by atoms with Gasteiger partial charge in [-0.25, -0.2) is 0 Å². The zero-order valence-electron chi connectivity index (χ0n) is 15.4. The number of rotatable bonds is 5. The van der Waals surface area contributed by atoms with Crippen LogP contribution in [0.2, 0.25) is 0 Å². The molecule has 0 saturated heterocycles. The maximum Gasteiger partial charge on any atom is 0.279 e. The summed E-state index contributed by atoms with van der Waals surface area (Å²) in [5.41, 5.74) is 1.53. The first kappa shape index (κ1) is 19.4. The van der Waals surface area contributed by atoms with Crippen LogP contribution in [0.15, 0.2) is 94.9 Å². The van der Waals surface area contributed by atoms with Crippen LogP contribution in [0.25, 0.3) is 10.2 Å². The van der Waals surface area contributed by atoms with Gasteiger partial charge < -0.3 is 9.30 Å². The van der Waals surface area contributed by atoms with E-state index in [1.165, 1.54) is 11.3 Å². The van der Waals surface area contributed by atoms with Gasteiger partial charge in [0.15, 0.2) is 4.80 Å². The third-order valence-electron chi connectivity index (χ3n) is 4.23. The van der Waals surface area contributed by atoms with Crippen molar-refractivity contribution in [3.8, 4) is 11.5 Å². The predicted octanol–water partition coefficient (Wildman–Crippen LogP) is 6.18. The van der Waals surface area contributed by atoms with Crippen molar-refractivity contribution < 1.29 is 9.53 Å². The Labute approximate surface area is 180 Å². The van der Waals surface area contributed by atoms with Crippen LogP contribution in [0.5, 0.6) is 11.5 Å². The van der Waals surface area contributed by atoms with Crippen LogP contribution in [0.1, 0.15) is 10.4 Å². The number of fused-ring (bicyclic) bond motifs is 1. The van der Waals surface area contributed by atoms with Crippen molar-refractivity contribution in [2.24, 2.45) is 4.99 Å². The molecule has 3 aromatic carbocycles. The van der Waals surface area contributed by atoms with Crippen molar-refractivity contribution in [1.29, 1.82) is 0 Å². The Morgan fingerprint density at radius 3 is 2.52 bits per heavy atom. The number of ether oxygens (including phenoxy) is 1. The Kier molecular flexibility index (Phi) is 5.74. The summed E-state index contributed by atoms with van der Waals surface area (Å²) < 4.78 is 9.81. The summed E-state index contributed by atoms with van der Waals surface area (Å²) >= 11 is 4.97. The van der Waals surface area contributed by atoms with Gasteiger partial charge >= 0.3 is 0 Å². The van der Waals surface area contributed by atoms with Gasteiger partial charge in [0.1, 0.15) is 11.5 Å². The fraction of sp³-hybridized carbons (Fsp3) is 0.0435. The average molecular weight is 465 g/mol. The SMILES string of the molecule is C=CCn1c(=NC(=O)c2ccc(Oc3ccccc3)cc2)sc2cc(Br)ccc21. The minimum Gasteiger partial charge on any atom is -0.457 e. The van der Waals surface area contributed by atoms with Crippen LogP contribution in [0.3, 0.4) is 0 Å². The van der Waals surface area contributed by atoms with Crippen LogP contribution in [0, 0.1) is 0 Å². The van der Waals surface area contributed by atoms with Gasteiger partial charge in [0.05, 0.1) is 10.2 Å². The minimum atomic E-state index is -0.292. The molecule has 4 rings (SSSR count). The molecule has 0 spiro atoms. The molecule has 4 aromatic rings. The molecule has 1 aromatic heterocycles. The predicted molar refractivity (Wildman–Crippen MR) is 121 cm³/mol. The maximum absolute atomic E-state index is 12.7. The van der Waals surface area contributed by atoms with E-state index in [0.29, 0.717) is 22.7 Å². The molecular weight excluding hydrogens is 448 g/mol. The Morgan fingerprint density at radius 2 is 1.79 bits per heavy atom. The van der Waals surface area contributed by atoms with Crippen LogP contribution in [0.4, 0.5) is 0 Å². The Bertz CT molecular complexity index is 1240. The normalized spacial score (nSPS) is 11.6. The smallest absolute Gasteiger partial charge is 0.279 e. The number of nitrogens with zero attached hydrogens (tertiary/aromatic N) is 2. The van der Waals surface area contributed by atoms with E-state index >= 15 is 0 Å². The van der Waals surface area contributed by atoms with E-state index in [0.717, 1.165) is 20.4 Å². The third kappa shape index (κ3) is 4.39. The lowest BCUT2D eigenvalue weighted by Crippen LogP contribution is -2.16. The number of carbonyl (C=O) groups is 1. The summed E-state index contributed by atoms with van der Waals surface area (Å²) in [4.78, 5) is 17.7. The highest BCUT2D eigenvalue weighted by atomic mass is 79.9. The van der Waals surface area contributed by atoms with E-state index < -0.39 is 0 Å².